The van der Waals surface area contributed by atoms with Crippen LogP contribution in [0.15, 0.2) is 24.3 Å². The van der Waals surface area contributed by atoms with Gasteiger partial charge in [0.05, 0.1) is 19.8 Å². The Labute approximate surface area is 107 Å². The fourth-order valence-electron chi connectivity index (χ4n) is 1.40. The van der Waals surface area contributed by atoms with Gasteiger partial charge in [-0.3, -0.25) is 4.79 Å². The maximum absolute atomic E-state index is 11.4. The quantitative estimate of drug-likeness (QED) is 0.750. The summed E-state index contributed by atoms with van der Waals surface area (Å²) in [4.78, 5) is 11.4. The number of benzene rings is 1. The summed E-state index contributed by atoms with van der Waals surface area (Å²) in [6, 6.07) is 8.85. The highest BCUT2D eigenvalue weighted by Crippen LogP contribution is 2.20. The summed E-state index contributed by atoms with van der Waals surface area (Å²) in [5, 5.41) is 8.94. The van der Waals surface area contributed by atoms with Gasteiger partial charge in [0.1, 0.15) is 5.75 Å². The van der Waals surface area contributed by atoms with Crippen molar-refractivity contribution in [2.75, 3.05) is 13.7 Å². The van der Waals surface area contributed by atoms with E-state index in [1.54, 1.807) is 24.3 Å². The predicted octanol–water partition coefficient (Wildman–Crippen LogP) is 2.50. The molecule has 0 radical (unpaired) electrons. The van der Waals surface area contributed by atoms with Crippen molar-refractivity contribution in [2.24, 2.45) is 5.92 Å². The Hall–Kier alpha value is -2.02. The number of nitriles is 1. The van der Waals surface area contributed by atoms with Crippen molar-refractivity contribution < 1.29 is 14.3 Å². The average Bonchev–Trinajstić information content (AvgIpc) is 2.38. The fourth-order valence-corrected chi connectivity index (χ4v) is 1.40. The van der Waals surface area contributed by atoms with Crippen LogP contribution in [0.4, 0.5) is 0 Å². The second-order valence-electron chi connectivity index (χ2n) is 4.36. The van der Waals surface area contributed by atoms with E-state index in [0.29, 0.717) is 18.1 Å². The van der Waals surface area contributed by atoms with E-state index in [1.807, 2.05) is 6.07 Å². The molecule has 1 atom stereocenters. The molecule has 1 unspecified atom stereocenters. The molecule has 18 heavy (non-hydrogen) atoms. The smallest absolute Gasteiger partial charge is 0.327 e. The lowest BCUT2D eigenvalue weighted by molar-refractivity contribution is -0.140. The zero-order valence-corrected chi connectivity index (χ0v) is 10.8. The highest BCUT2D eigenvalue weighted by atomic mass is 16.5. The molecule has 1 aromatic carbocycles. The first kappa shape index (κ1) is 14.0. The second kappa shape index (κ2) is 6.65. The zero-order valence-electron chi connectivity index (χ0n) is 10.8. The monoisotopic (exact) mass is 247 g/mol. The van der Waals surface area contributed by atoms with Crippen molar-refractivity contribution in [1.82, 2.24) is 0 Å². The summed E-state index contributed by atoms with van der Waals surface area (Å²) >= 11 is 0. The molecular weight excluding hydrogens is 230 g/mol. The van der Waals surface area contributed by atoms with E-state index < -0.39 is 11.9 Å². The van der Waals surface area contributed by atoms with E-state index >= 15 is 0 Å². The van der Waals surface area contributed by atoms with Crippen LogP contribution in [0.5, 0.6) is 5.75 Å². The molecule has 0 heterocycles. The van der Waals surface area contributed by atoms with Crippen LogP contribution in [-0.2, 0) is 9.53 Å². The molecule has 0 aliphatic carbocycles. The van der Waals surface area contributed by atoms with Gasteiger partial charge in [0.2, 0.25) is 0 Å². The summed E-state index contributed by atoms with van der Waals surface area (Å²) < 4.78 is 10.1. The van der Waals surface area contributed by atoms with Gasteiger partial charge in [-0.1, -0.05) is 26.0 Å². The van der Waals surface area contributed by atoms with Gasteiger partial charge in [0.15, 0.2) is 5.92 Å². The van der Waals surface area contributed by atoms with Gasteiger partial charge in [0.25, 0.3) is 0 Å². The SMILES string of the molecule is COC(=O)C(C#N)c1ccc(OCC(C)C)cc1. The molecule has 0 aromatic heterocycles. The van der Waals surface area contributed by atoms with E-state index in [2.05, 4.69) is 18.6 Å². The number of nitrogens with zero attached hydrogens (tertiary/aromatic N) is 1. The lowest BCUT2D eigenvalue weighted by atomic mass is 10.0. The molecule has 1 aromatic rings. The number of hydrogen-bond donors (Lipinski definition) is 0. The Morgan fingerprint density at radius 1 is 1.33 bits per heavy atom. The zero-order chi connectivity index (χ0) is 13.5. The van der Waals surface area contributed by atoms with Gasteiger partial charge in [-0.2, -0.15) is 5.26 Å². The number of hydrogen-bond acceptors (Lipinski definition) is 4. The highest BCUT2D eigenvalue weighted by Gasteiger charge is 2.20. The Kier molecular flexibility index (Phi) is 5.19. The van der Waals surface area contributed by atoms with Crippen molar-refractivity contribution in [1.29, 1.82) is 5.26 Å². The van der Waals surface area contributed by atoms with E-state index in [1.165, 1.54) is 7.11 Å². The molecule has 0 aliphatic rings. The van der Waals surface area contributed by atoms with Gasteiger partial charge in [-0.15, -0.1) is 0 Å². The van der Waals surface area contributed by atoms with Crippen molar-refractivity contribution in [3.8, 4) is 11.8 Å². The predicted molar refractivity (Wildman–Crippen MR) is 67.1 cm³/mol. The van der Waals surface area contributed by atoms with Crippen LogP contribution >= 0.6 is 0 Å². The molecule has 0 saturated carbocycles. The molecule has 0 amide bonds. The van der Waals surface area contributed by atoms with Gasteiger partial charge in [-0.05, 0) is 23.6 Å². The van der Waals surface area contributed by atoms with Crippen LogP contribution in [-0.4, -0.2) is 19.7 Å². The number of ether oxygens (including phenoxy) is 2. The number of rotatable bonds is 5. The molecule has 0 saturated heterocycles. The van der Waals surface area contributed by atoms with Gasteiger partial charge in [-0.25, -0.2) is 0 Å². The Balaban J connectivity index is 2.75. The largest absolute Gasteiger partial charge is 0.493 e. The first-order valence-electron chi connectivity index (χ1n) is 5.78. The Morgan fingerprint density at radius 2 is 1.94 bits per heavy atom. The number of esters is 1. The van der Waals surface area contributed by atoms with Crippen LogP contribution in [0.3, 0.4) is 0 Å². The second-order valence-corrected chi connectivity index (χ2v) is 4.36. The van der Waals surface area contributed by atoms with Gasteiger partial charge in [0, 0.05) is 0 Å². The van der Waals surface area contributed by atoms with Crippen LogP contribution in [0, 0.1) is 17.2 Å². The fraction of sp³-hybridized carbons (Fsp3) is 0.429. The molecule has 1 rings (SSSR count). The Morgan fingerprint density at radius 3 is 2.39 bits per heavy atom. The average molecular weight is 247 g/mol. The molecule has 0 bridgehead atoms. The first-order valence-corrected chi connectivity index (χ1v) is 5.78. The van der Waals surface area contributed by atoms with E-state index in [-0.39, 0.29) is 0 Å². The van der Waals surface area contributed by atoms with Crippen molar-refractivity contribution in [3.63, 3.8) is 0 Å². The summed E-state index contributed by atoms with van der Waals surface area (Å²) in [7, 11) is 1.27. The van der Waals surface area contributed by atoms with Crippen LogP contribution in [0.1, 0.15) is 25.3 Å². The lowest BCUT2D eigenvalue weighted by Crippen LogP contribution is -2.12. The van der Waals surface area contributed by atoms with Crippen molar-refractivity contribution in [2.45, 2.75) is 19.8 Å². The summed E-state index contributed by atoms with van der Waals surface area (Å²) in [5.41, 5.74) is 0.612. The molecule has 0 aliphatic heterocycles. The minimum atomic E-state index is -0.880. The van der Waals surface area contributed by atoms with Gasteiger partial charge >= 0.3 is 5.97 Å². The molecule has 96 valence electrons. The Bertz CT molecular complexity index is 431. The van der Waals surface area contributed by atoms with Crippen molar-refractivity contribution in [3.05, 3.63) is 29.8 Å². The van der Waals surface area contributed by atoms with E-state index in [9.17, 15) is 4.79 Å². The third-order valence-corrected chi connectivity index (χ3v) is 2.36. The maximum Gasteiger partial charge on any atom is 0.327 e. The van der Waals surface area contributed by atoms with Crippen LogP contribution in [0.2, 0.25) is 0 Å². The molecule has 4 heteroatoms. The van der Waals surface area contributed by atoms with E-state index in [0.717, 1.165) is 5.75 Å². The third kappa shape index (κ3) is 3.77. The summed E-state index contributed by atoms with van der Waals surface area (Å²) in [5.74, 6) is -0.247. The summed E-state index contributed by atoms with van der Waals surface area (Å²) in [6.45, 7) is 4.77. The number of methoxy groups -OCH3 is 1. The van der Waals surface area contributed by atoms with Crippen LogP contribution in [0.25, 0.3) is 0 Å². The molecule has 0 fully saturated rings. The number of carbonyl (C=O) groups is 1. The molecule has 0 N–H and O–H groups in total. The van der Waals surface area contributed by atoms with E-state index in [4.69, 9.17) is 10.00 Å². The standard InChI is InChI=1S/C14H17NO3/c1-10(2)9-18-12-6-4-11(5-7-12)13(8-15)14(16)17-3/h4-7,10,13H,9H2,1-3H3. The minimum absolute atomic E-state index is 0.451. The molecular formula is C14H17NO3. The third-order valence-electron chi connectivity index (χ3n) is 2.36. The topological polar surface area (TPSA) is 59.3 Å². The van der Waals surface area contributed by atoms with Crippen LogP contribution < -0.4 is 4.74 Å². The minimum Gasteiger partial charge on any atom is -0.493 e. The number of carbonyl (C=O) groups excluding carboxylic acids is 1. The normalized spacial score (nSPS) is 11.7. The molecule has 0 spiro atoms. The van der Waals surface area contributed by atoms with Crippen molar-refractivity contribution >= 4 is 5.97 Å². The maximum atomic E-state index is 11.4. The highest BCUT2D eigenvalue weighted by molar-refractivity contribution is 5.81. The molecule has 4 nitrogen and oxygen atoms in total. The first-order chi connectivity index (χ1) is 8.58. The van der Waals surface area contributed by atoms with Gasteiger partial charge < -0.3 is 9.47 Å². The summed E-state index contributed by atoms with van der Waals surface area (Å²) in [6.07, 6.45) is 0. The lowest BCUT2D eigenvalue weighted by Gasteiger charge is -2.10.